The van der Waals surface area contributed by atoms with E-state index in [9.17, 15) is 4.39 Å². The molecule has 2 aliphatic rings. The van der Waals surface area contributed by atoms with Crippen LogP contribution in [-0.2, 0) is 0 Å². The normalized spacial score (nSPS) is 28.2. The van der Waals surface area contributed by atoms with Gasteiger partial charge >= 0.3 is 0 Å². The number of rotatable bonds is 5. The van der Waals surface area contributed by atoms with Crippen LogP contribution in [0.5, 0.6) is 0 Å². The van der Waals surface area contributed by atoms with E-state index in [1.165, 1.54) is 49.7 Å². The molecular formula is C26H35FSi. The number of hydrogen-bond donors (Lipinski definition) is 0. The molecule has 150 valence electrons. The lowest BCUT2D eigenvalue weighted by Gasteiger charge is -2.37. The molecule has 0 spiro atoms. The van der Waals surface area contributed by atoms with Crippen LogP contribution in [0, 0.1) is 11.7 Å². The van der Waals surface area contributed by atoms with Crippen molar-refractivity contribution in [3.63, 3.8) is 0 Å². The second kappa shape index (κ2) is 9.39. The molecule has 0 unspecified atom stereocenters. The highest BCUT2D eigenvalue weighted by molar-refractivity contribution is 6.60. The first-order valence-electron chi connectivity index (χ1n) is 11.6. The lowest BCUT2D eigenvalue weighted by atomic mass is 9.86. The molecule has 2 aromatic rings. The molecule has 0 bridgehead atoms. The Morgan fingerprint density at radius 3 is 1.93 bits per heavy atom. The van der Waals surface area contributed by atoms with Crippen molar-refractivity contribution in [2.45, 2.75) is 81.8 Å². The van der Waals surface area contributed by atoms with Crippen molar-refractivity contribution in [3.05, 3.63) is 59.9 Å². The van der Waals surface area contributed by atoms with Crippen molar-refractivity contribution in [1.29, 1.82) is 0 Å². The van der Waals surface area contributed by atoms with Crippen molar-refractivity contribution in [2.75, 3.05) is 0 Å². The number of benzene rings is 2. The molecule has 4 rings (SSSR count). The zero-order valence-corrected chi connectivity index (χ0v) is 18.5. The average molecular weight is 395 g/mol. The van der Waals surface area contributed by atoms with Gasteiger partial charge in [-0.1, -0.05) is 93.9 Å². The highest BCUT2D eigenvalue weighted by Crippen LogP contribution is 2.44. The van der Waals surface area contributed by atoms with Gasteiger partial charge in [-0.25, -0.2) is 4.39 Å². The summed E-state index contributed by atoms with van der Waals surface area (Å²) in [4.78, 5) is 0. The fourth-order valence-electron chi connectivity index (χ4n) is 5.87. The third-order valence-electron chi connectivity index (χ3n) is 7.59. The monoisotopic (exact) mass is 394 g/mol. The molecule has 2 fully saturated rings. The minimum atomic E-state index is -0.516. The van der Waals surface area contributed by atoms with E-state index >= 15 is 0 Å². The van der Waals surface area contributed by atoms with Gasteiger partial charge in [0.15, 0.2) is 0 Å². The summed E-state index contributed by atoms with van der Waals surface area (Å²) >= 11 is 0. The average Bonchev–Trinajstić information content (AvgIpc) is 2.75. The van der Waals surface area contributed by atoms with Crippen LogP contribution in [0.1, 0.15) is 69.8 Å². The first kappa shape index (κ1) is 19.9. The number of hydrogen-bond acceptors (Lipinski definition) is 0. The van der Waals surface area contributed by atoms with Crippen LogP contribution in [-0.4, -0.2) is 8.80 Å². The Balaban J connectivity index is 1.30. The number of halogens is 1. The van der Waals surface area contributed by atoms with E-state index in [0.717, 1.165) is 22.9 Å². The van der Waals surface area contributed by atoms with Gasteiger partial charge in [0.2, 0.25) is 0 Å². The van der Waals surface area contributed by atoms with Crippen LogP contribution in [0.2, 0.25) is 17.6 Å². The van der Waals surface area contributed by atoms with E-state index < -0.39 is 8.80 Å². The standard InChI is InChI=1S/C26H35FSi/c1-2-3-20-4-14-26(15-5-20)28-18-16-24(17-19-28)22-8-6-21(7-9-22)23-10-12-25(27)13-11-23/h6-13,20,24,26,28H,2-5,14-19H2,1H3/t20-,24?,26-,28?. The molecule has 1 aliphatic heterocycles. The van der Waals surface area contributed by atoms with Crippen LogP contribution in [0.15, 0.2) is 48.5 Å². The summed E-state index contributed by atoms with van der Waals surface area (Å²) in [6.45, 7) is 2.34. The predicted octanol–water partition coefficient (Wildman–Crippen LogP) is 7.96. The first-order chi connectivity index (χ1) is 13.7. The van der Waals surface area contributed by atoms with Crippen molar-refractivity contribution in [3.8, 4) is 11.1 Å². The van der Waals surface area contributed by atoms with Gasteiger partial charge in [0.05, 0.1) is 0 Å². The Bertz CT molecular complexity index is 720. The smallest absolute Gasteiger partial charge is 0.123 e. The lowest BCUT2D eigenvalue weighted by Crippen LogP contribution is -2.29. The molecule has 1 aliphatic carbocycles. The van der Waals surface area contributed by atoms with E-state index in [-0.39, 0.29) is 5.82 Å². The lowest BCUT2D eigenvalue weighted by molar-refractivity contribution is 0.332. The molecule has 0 aromatic heterocycles. The van der Waals surface area contributed by atoms with Gasteiger partial charge in [0, 0.05) is 8.80 Å². The minimum absolute atomic E-state index is 0.167. The van der Waals surface area contributed by atoms with Gasteiger partial charge in [-0.2, -0.15) is 0 Å². The third kappa shape index (κ3) is 4.76. The van der Waals surface area contributed by atoms with Crippen molar-refractivity contribution < 1.29 is 4.39 Å². The molecule has 0 nitrogen and oxygen atoms in total. The summed E-state index contributed by atoms with van der Waals surface area (Å²) in [7, 11) is -0.516. The summed E-state index contributed by atoms with van der Waals surface area (Å²) < 4.78 is 13.1. The SMILES string of the molecule is CCC[C@H]1CC[C@H]([SiH]2CCC(c3ccc(-c4ccc(F)cc4)cc3)CC2)CC1. The Hall–Kier alpha value is -1.41. The van der Waals surface area contributed by atoms with Gasteiger partial charge in [-0.05, 0) is 59.0 Å². The quantitative estimate of drug-likeness (QED) is 0.451. The molecule has 0 N–H and O–H groups in total. The van der Waals surface area contributed by atoms with E-state index in [4.69, 9.17) is 0 Å². The van der Waals surface area contributed by atoms with Crippen LogP contribution >= 0.6 is 0 Å². The highest BCUT2D eigenvalue weighted by atomic mass is 28.3. The van der Waals surface area contributed by atoms with Crippen molar-refractivity contribution in [2.24, 2.45) is 5.92 Å². The van der Waals surface area contributed by atoms with Gasteiger partial charge in [0.1, 0.15) is 5.82 Å². The highest BCUT2D eigenvalue weighted by Gasteiger charge is 2.31. The van der Waals surface area contributed by atoms with Crippen LogP contribution in [0.25, 0.3) is 11.1 Å². The van der Waals surface area contributed by atoms with Gasteiger partial charge in [0.25, 0.3) is 0 Å². The third-order valence-corrected chi connectivity index (χ3v) is 11.7. The first-order valence-corrected chi connectivity index (χ1v) is 13.9. The van der Waals surface area contributed by atoms with Gasteiger partial charge in [-0.3, -0.25) is 0 Å². The second-order valence-electron chi connectivity index (χ2n) is 9.31. The van der Waals surface area contributed by atoms with Gasteiger partial charge < -0.3 is 0 Å². The molecule has 2 aromatic carbocycles. The summed E-state index contributed by atoms with van der Waals surface area (Å²) in [5.41, 5.74) is 4.96. The van der Waals surface area contributed by atoms with Crippen molar-refractivity contribution >= 4 is 8.80 Å². The van der Waals surface area contributed by atoms with E-state index in [0.29, 0.717) is 0 Å². The fourth-order valence-corrected chi connectivity index (χ4v) is 10.1. The topological polar surface area (TPSA) is 0 Å². The molecule has 28 heavy (non-hydrogen) atoms. The maximum absolute atomic E-state index is 13.1. The minimum Gasteiger partial charge on any atom is -0.207 e. The fraction of sp³-hybridized carbons (Fsp3) is 0.538. The molecule has 1 saturated heterocycles. The Morgan fingerprint density at radius 1 is 0.786 bits per heavy atom. The second-order valence-corrected chi connectivity index (χ2v) is 12.9. The van der Waals surface area contributed by atoms with E-state index in [2.05, 4.69) is 31.2 Å². The molecule has 0 amide bonds. The van der Waals surface area contributed by atoms with Crippen molar-refractivity contribution in [1.82, 2.24) is 0 Å². The molecule has 2 heteroatoms. The van der Waals surface area contributed by atoms with Gasteiger partial charge in [-0.15, -0.1) is 0 Å². The predicted molar refractivity (Wildman–Crippen MR) is 121 cm³/mol. The Labute approximate surface area is 172 Å². The summed E-state index contributed by atoms with van der Waals surface area (Å²) in [5, 5.41) is 0. The summed E-state index contributed by atoms with van der Waals surface area (Å²) in [6, 6.07) is 19.0. The molecule has 0 atom stereocenters. The van der Waals surface area contributed by atoms with Crippen LogP contribution in [0.4, 0.5) is 4.39 Å². The maximum Gasteiger partial charge on any atom is 0.123 e. The molecule has 1 heterocycles. The zero-order valence-electron chi connectivity index (χ0n) is 17.4. The zero-order chi connectivity index (χ0) is 19.3. The van der Waals surface area contributed by atoms with Crippen LogP contribution < -0.4 is 0 Å². The molecule has 1 saturated carbocycles. The molecule has 0 radical (unpaired) electrons. The summed E-state index contributed by atoms with van der Waals surface area (Å²) in [6.07, 6.45) is 11.8. The molecular weight excluding hydrogens is 359 g/mol. The Morgan fingerprint density at radius 2 is 1.36 bits per heavy atom. The van der Waals surface area contributed by atoms with E-state index in [1.807, 2.05) is 12.1 Å². The maximum atomic E-state index is 13.1. The van der Waals surface area contributed by atoms with E-state index in [1.54, 1.807) is 37.1 Å². The largest absolute Gasteiger partial charge is 0.207 e. The summed E-state index contributed by atoms with van der Waals surface area (Å²) in [5.74, 6) is 1.65. The van der Waals surface area contributed by atoms with Crippen LogP contribution in [0.3, 0.4) is 0 Å². The Kier molecular flexibility index (Phi) is 6.67.